The number of nitrogens with zero attached hydrogens (tertiary/aromatic N) is 1. The normalized spacial score (nSPS) is 25.5. The molecule has 1 heterocycles. The van der Waals surface area contributed by atoms with E-state index in [-0.39, 0.29) is 17.9 Å². The second-order valence-electron chi connectivity index (χ2n) is 5.22. The predicted molar refractivity (Wildman–Crippen MR) is 79.4 cm³/mol. The lowest BCUT2D eigenvalue weighted by Crippen LogP contribution is -2.26. The Labute approximate surface area is 126 Å². The average Bonchev–Trinajstić information content (AvgIpc) is 2.70. The molecule has 0 amide bonds. The molecule has 1 aliphatic heterocycles. The van der Waals surface area contributed by atoms with E-state index in [0.29, 0.717) is 11.6 Å². The van der Waals surface area contributed by atoms with Crippen LogP contribution in [-0.4, -0.2) is 29.1 Å². The Morgan fingerprint density at radius 2 is 2.21 bits per heavy atom. The molecule has 104 valence electrons. The summed E-state index contributed by atoms with van der Waals surface area (Å²) in [6.07, 6.45) is 0. The van der Waals surface area contributed by atoms with E-state index in [0.717, 1.165) is 16.6 Å². The van der Waals surface area contributed by atoms with E-state index in [1.54, 1.807) is 0 Å². The number of halogens is 2. The molecule has 0 bridgehead atoms. The fourth-order valence-electron chi connectivity index (χ4n) is 2.68. The molecule has 0 aromatic heterocycles. The van der Waals surface area contributed by atoms with Crippen molar-refractivity contribution in [3.05, 3.63) is 33.3 Å². The highest BCUT2D eigenvalue weighted by Crippen LogP contribution is 2.34. The van der Waals surface area contributed by atoms with Crippen molar-refractivity contribution in [3.8, 4) is 0 Å². The van der Waals surface area contributed by atoms with Gasteiger partial charge in [0.15, 0.2) is 0 Å². The van der Waals surface area contributed by atoms with Gasteiger partial charge in [-0.1, -0.05) is 40.5 Å². The number of carbonyl (C=O) groups is 1. The first-order valence-corrected chi connectivity index (χ1v) is 7.49. The first-order valence-electron chi connectivity index (χ1n) is 6.32. The third-order valence-electron chi connectivity index (χ3n) is 3.92. The zero-order valence-corrected chi connectivity index (χ0v) is 13.3. The Bertz CT molecular complexity index is 494. The third kappa shape index (κ3) is 3.12. The zero-order valence-electron chi connectivity index (χ0n) is 10.9. The van der Waals surface area contributed by atoms with Gasteiger partial charge in [0.2, 0.25) is 0 Å². The molecule has 0 radical (unpaired) electrons. The number of hydrogen-bond acceptors (Lipinski definition) is 2. The number of carboxylic acid groups (broad SMARTS) is 1. The molecule has 1 aliphatic rings. The fraction of sp³-hybridized carbons (Fsp3) is 0.500. The van der Waals surface area contributed by atoms with Gasteiger partial charge in [0.25, 0.3) is 0 Å². The van der Waals surface area contributed by atoms with Crippen LogP contribution in [0, 0.1) is 11.8 Å². The lowest BCUT2D eigenvalue weighted by atomic mass is 9.99. The van der Waals surface area contributed by atoms with Crippen LogP contribution in [0.25, 0.3) is 0 Å². The molecule has 0 spiro atoms. The van der Waals surface area contributed by atoms with E-state index >= 15 is 0 Å². The summed E-state index contributed by atoms with van der Waals surface area (Å²) in [6.45, 7) is 5.45. The Morgan fingerprint density at radius 3 is 2.74 bits per heavy atom. The number of carboxylic acids is 1. The minimum absolute atomic E-state index is 0.132. The molecule has 1 fully saturated rings. The maximum atomic E-state index is 11.2. The van der Waals surface area contributed by atoms with Crippen LogP contribution in [0.15, 0.2) is 22.7 Å². The third-order valence-corrected chi connectivity index (χ3v) is 4.74. The molecule has 0 saturated carbocycles. The molecule has 1 aromatic carbocycles. The van der Waals surface area contributed by atoms with E-state index in [1.165, 1.54) is 0 Å². The highest BCUT2D eigenvalue weighted by atomic mass is 79.9. The highest BCUT2D eigenvalue weighted by molar-refractivity contribution is 9.10. The van der Waals surface area contributed by atoms with Gasteiger partial charge in [-0.3, -0.25) is 9.69 Å². The van der Waals surface area contributed by atoms with Crippen LogP contribution in [0.1, 0.15) is 25.5 Å². The van der Waals surface area contributed by atoms with Crippen LogP contribution in [0.5, 0.6) is 0 Å². The average molecular weight is 347 g/mol. The molecule has 0 aliphatic carbocycles. The number of aliphatic carboxylic acids is 1. The van der Waals surface area contributed by atoms with Crippen molar-refractivity contribution in [1.29, 1.82) is 0 Å². The van der Waals surface area contributed by atoms with E-state index in [2.05, 4.69) is 27.8 Å². The summed E-state index contributed by atoms with van der Waals surface area (Å²) >= 11 is 9.66. The zero-order chi connectivity index (χ0) is 14.2. The summed E-state index contributed by atoms with van der Waals surface area (Å²) in [7, 11) is 0. The Morgan fingerprint density at radius 1 is 1.53 bits per heavy atom. The first kappa shape index (κ1) is 14.8. The van der Waals surface area contributed by atoms with Gasteiger partial charge in [0.1, 0.15) is 0 Å². The number of rotatable bonds is 3. The quantitative estimate of drug-likeness (QED) is 0.904. The van der Waals surface area contributed by atoms with Gasteiger partial charge in [-0.05, 0) is 30.5 Å². The maximum absolute atomic E-state index is 11.2. The molecule has 3 nitrogen and oxygen atoms in total. The Balaban J connectivity index is 2.17. The monoisotopic (exact) mass is 345 g/mol. The number of likely N-dealkylation sites (tertiary alicyclic amines) is 1. The maximum Gasteiger partial charge on any atom is 0.308 e. The topological polar surface area (TPSA) is 40.5 Å². The van der Waals surface area contributed by atoms with Crippen molar-refractivity contribution >= 4 is 33.5 Å². The highest BCUT2D eigenvalue weighted by Gasteiger charge is 2.37. The van der Waals surface area contributed by atoms with Crippen LogP contribution >= 0.6 is 27.5 Å². The predicted octanol–water partition coefficient (Wildman–Crippen LogP) is 3.82. The minimum Gasteiger partial charge on any atom is -0.481 e. The molecule has 1 aromatic rings. The molecule has 3 atom stereocenters. The van der Waals surface area contributed by atoms with Crippen molar-refractivity contribution < 1.29 is 9.90 Å². The van der Waals surface area contributed by atoms with Crippen molar-refractivity contribution in [1.82, 2.24) is 4.90 Å². The number of benzene rings is 1. The lowest BCUT2D eigenvalue weighted by molar-refractivity contribution is -0.142. The molecule has 19 heavy (non-hydrogen) atoms. The van der Waals surface area contributed by atoms with Gasteiger partial charge in [0.05, 0.1) is 5.92 Å². The van der Waals surface area contributed by atoms with Gasteiger partial charge in [0, 0.05) is 28.6 Å². The van der Waals surface area contributed by atoms with E-state index in [4.69, 9.17) is 11.6 Å². The molecule has 3 unspecified atom stereocenters. The Kier molecular flexibility index (Phi) is 4.54. The molecular formula is C14H17BrClNO2. The van der Waals surface area contributed by atoms with Crippen LogP contribution in [0.4, 0.5) is 0 Å². The van der Waals surface area contributed by atoms with E-state index in [1.807, 2.05) is 25.1 Å². The molecular weight excluding hydrogens is 330 g/mol. The molecule has 1 saturated heterocycles. The summed E-state index contributed by atoms with van der Waals surface area (Å²) in [5, 5.41) is 9.90. The van der Waals surface area contributed by atoms with Crippen LogP contribution < -0.4 is 0 Å². The van der Waals surface area contributed by atoms with Crippen molar-refractivity contribution in [2.24, 2.45) is 11.8 Å². The standard InChI is InChI=1S/C14H17BrClNO2/c1-8-6-17(7-12(8)14(18)19)9(2)11-4-3-10(15)5-13(11)16/h3-5,8-9,12H,6-7H2,1-2H3,(H,18,19). The van der Waals surface area contributed by atoms with Gasteiger partial charge in [-0.15, -0.1) is 0 Å². The van der Waals surface area contributed by atoms with Crippen molar-refractivity contribution in [2.45, 2.75) is 19.9 Å². The van der Waals surface area contributed by atoms with Gasteiger partial charge in [-0.2, -0.15) is 0 Å². The van der Waals surface area contributed by atoms with Crippen molar-refractivity contribution in [2.75, 3.05) is 13.1 Å². The largest absolute Gasteiger partial charge is 0.481 e. The summed E-state index contributed by atoms with van der Waals surface area (Å²) in [6, 6.07) is 5.97. The second-order valence-corrected chi connectivity index (χ2v) is 6.54. The van der Waals surface area contributed by atoms with Gasteiger partial charge < -0.3 is 5.11 Å². The van der Waals surface area contributed by atoms with Crippen LogP contribution in [-0.2, 0) is 4.79 Å². The van der Waals surface area contributed by atoms with Crippen LogP contribution in [0.2, 0.25) is 5.02 Å². The Hall–Kier alpha value is -0.580. The van der Waals surface area contributed by atoms with Gasteiger partial charge >= 0.3 is 5.97 Å². The van der Waals surface area contributed by atoms with Gasteiger partial charge in [-0.25, -0.2) is 0 Å². The molecule has 2 rings (SSSR count). The minimum atomic E-state index is -0.705. The summed E-state index contributed by atoms with van der Waals surface area (Å²) in [5.74, 6) is -0.810. The number of hydrogen-bond donors (Lipinski definition) is 1. The molecule has 5 heteroatoms. The summed E-state index contributed by atoms with van der Waals surface area (Å²) < 4.78 is 0.951. The summed E-state index contributed by atoms with van der Waals surface area (Å²) in [5.41, 5.74) is 1.04. The first-order chi connectivity index (χ1) is 8.90. The molecule has 1 N–H and O–H groups in total. The second kappa shape index (κ2) is 5.81. The van der Waals surface area contributed by atoms with Crippen LogP contribution in [0.3, 0.4) is 0 Å². The smallest absolute Gasteiger partial charge is 0.308 e. The summed E-state index contributed by atoms with van der Waals surface area (Å²) in [4.78, 5) is 13.4. The SMILES string of the molecule is CC1CN(C(C)c2ccc(Br)cc2Cl)CC1C(=O)O. The fourth-order valence-corrected chi connectivity index (χ4v) is 3.51. The van der Waals surface area contributed by atoms with E-state index in [9.17, 15) is 9.90 Å². The lowest BCUT2D eigenvalue weighted by Gasteiger charge is -2.25. The van der Waals surface area contributed by atoms with Crippen molar-refractivity contribution in [3.63, 3.8) is 0 Å². The van der Waals surface area contributed by atoms with E-state index < -0.39 is 5.97 Å².